The summed E-state index contributed by atoms with van der Waals surface area (Å²) in [5.74, 6) is -0.156. The lowest BCUT2D eigenvalue weighted by Crippen LogP contribution is -2.34. The highest BCUT2D eigenvalue weighted by atomic mass is 32.2. The van der Waals surface area contributed by atoms with Gasteiger partial charge < -0.3 is 5.11 Å². The van der Waals surface area contributed by atoms with Gasteiger partial charge in [0.25, 0.3) is 0 Å². The molecule has 0 amide bonds. The first-order valence-electron chi connectivity index (χ1n) is 3.57. The number of rotatable bonds is 2. The number of aliphatic hydroxyl groups excluding tert-OH is 1. The molecule has 3 nitrogen and oxygen atoms in total. The molecule has 0 aromatic heterocycles. The SMILES string of the molecule is CC(O)CS(=O)(=O)C(C)(C)C. The molecule has 1 N–H and O–H groups in total. The molecule has 1 atom stereocenters. The van der Waals surface area contributed by atoms with E-state index in [1.54, 1.807) is 20.8 Å². The van der Waals surface area contributed by atoms with E-state index in [0.717, 1.165) is 0 Å². The Morgan fingerprint density at radius 1 is 1.36 bits per heavy atom. The maximum absolute atomic E-state index is 11.3. The van der Waals surface area contributed by atoms with E-state index < -0.39 is 20.7 Å². The molecule has 0 spiro atoms. The molecule has 0 bridgehead atoms. The molecule has 11 heavy (non-hydrogen) atoms. The van der Waals surface area contributed by atoms with Crippen molar-refractivity contribution in [2.24, 2.45) is 0 Å². The fraction of sp³-hybridized carbons (Fsp3) is 1.00. The van der Waals surface area contributed by atoms with E-state index in [-0.39, 0.29) is 5.75 Å². The van der Waals surface area contributed by atoms with Crippen LogP contribution in [-0.4, -0.2) is 30.1 Å². The molecule has 68 valence electrons. The summed E-state index contributed by atoms with van der Waals surface area (Å²) in [5.41, 5.74) is 0. The molecule has 0 aliphatic heterocycles. The average Bonchev–Trinajstić information content (AvgIpc) is 1.56. The molecule has 0 fully saturated rings. The van der Waals surface area contributed by atoms with Gasteiger partial charge in [-0.1, -0.05) is 0 Å². The van der Waals surface area contributed by atoms with E-state index in [1.165, 1.54) is 6.92 Å². The van der Waals surface area contributed by atoms with Gasteiger partial charge in [-0.2, -0.15) is 0 Å². The molecule has 0 aliphatic carbocycles. The van der Waals surface area contributed by atoms with Gasteiger partial charge >= 0.3 is 0 Å². The molecule has 0 radical (unpaired) electrons. The summed E-state index contributed by atoms with van der Waals surface area (Å²) >= 11 is 0. The lowest BCUT2D eigenvalue weighted by atomic mass is 10.3. The van der Waals surface area contributed by atoms with Gasteiger partial charge in [0.05, 0.1) is 16.6 Å². The highest BCUT2D eigenvalue weighted by molar-refractivity contribution is 7.92. The first-order chi connectivity index (χ1) is 4.67. The monoisotopic (exact) mass is 180 g/mol. The van der Waals surface area contributed by atoms with Crippen LogP contribution in [0.1, 0.15) is 27.7 Å². The van der Waals surface area contributed by atoms with Gasteiger partial charge in [-0.05, 0) is 27.7 Å². The van der Waals surface area contributed by atoms with Gasteiger partial charge in [0, 0.05) is 0 Å². The van der Waals surface area contributed by atoms with E-state index in [1.807, 2.05) is 0 Å². The third-order valence-electron chi connectivity index (χ3n) is 1.39. The zero-order chi connectivity index (χ0) is 9.28. The molecule has 0 heterocycles. The summed E-state index contributed by atoms with van der Waals surface area (Å²) < 4.78 is 21.8. The van der Waals surface area contributed by atoms with Crippen molar-refractivity contribution in [1.29, 1.82) is 0 Å². The zero-order valence-electron chi connectivity index (χ0n) is 7.46. The Morgan fingerprint density at radius 3 is 1.82 bits per heavy atom. The quantitative estimate of drug-likeness (QED) is 0.676. The molecular formula is C7H16O3S. The third-order valence-corrected chi connectivity index (χ3v) is 4.18. The highest BCUT2D eigenvalue weighted by Crippen LogP contribution is 2.16. The summed E-state index contributed by atoms with van der Waals surface area (Å²) in [7, 11) is -3.15. The smallest absolute Gasteiger partial charge is 0.157 e. The normalized spacial score (nSPS) is 16.5. The fourth-order valence-corrected chi connectivity index (χ4v) is 1.70. The maximum Gasteiger partial charge on any atom is 0.157 e. The molecule has 0 saturated carbocycles. The molecule has 0 rings (SSSR count). The number of hydrogen-bond acceptors (Lipinski definition) is 3. The van der Waals surface area contributed by atoms with E-state index in [9.17, 15) is 8.42 Å². The first kappa shape index (κ1) is 10.9. The second-order valence-electron chi connectivity index (χ2n) is 3.74. The highest BCUT2D eigenvalue weighted by Gasteiger charge is 2.29. The van der Waals surface area contributed by atoms with Crippen molar-refractivity contribution in [2.75, 3.05) is 5.75 Å². The number of aliphatic hydroxyl groups is 1. The molecule has 0 aromatic carbocycles. The van der Waals surface area contributed by atoms with Crippen molar-refractivity contribution in [3.63, 3.8) is 0 Å². The van der Waals surface area contributed by atoms with Crippen molar-refractivity contribution in [1.82, 2.24) is 0 Å². The van der Waals surface area contributed by atoms with Gasteiger partial charge in [-0.25, -0.2) is 8.42 Å². The first-order valence-corrected chi connectivity index (χ1v) is 5.22. The fourth-order valence-electron chi connectivity index (χ4n) is 0.568. The predicted octanol–water partition coefficient (Wildman–Crippen LogP) is 0.581. The van der Waals surface area contributed by atoms with Crippen LogP contribution in [0.4, 0.5) is 0 Å². The lowest BCUT2D eigenvalue weighted by molar-refractivity contribution is 0.217. The largest absolute Gasteiger partial charge is 0.392 e. The van der Waals surface area contributed by atoms with Gasteiger partial charge in [-0.15, -0.1) is 0 Å². The average molecular weight is 180 g/mol. The Bertz CT molecular complexity index is 208. The van der Waals surface area contributed by atoms with Crippen LogP contribution in [0.5, 0.6) is 0 Å². The van der Waals surface area contributed by atoms with Gasteiger partial charge in [0.1, 0.15) is 0 Å². The second-order valence-corrected chi connectivity index (χ2v) is 6.53. The minimum absolute atomic E-state index is 0.156. The maximum atomic E-state index is 11.3. The minimum atomic E-state index is -3.15. The molecular weight excluding hydrogens is 164 g/mol. The van der Waals surface area contributed by atoms with Crippen molar-refractivity contribution in [3.8, 4) is 0 Å². The van der Waals surface area contributed by atoms with Crippen molar-refractivity contribution in [2.45, 2.75) is 38.5 Å². The third kappa shape index (κ3) is 3.20. The van der Waals surface area contributed by atoms with Gasteiger partial charge in [0.15, 0.2) is 9.84 Å². The minimum Gasteiger partial charge on any atom is -0.392 e. The Labute approximate surface area is 68.3 Å². The van der Waals surface area contributed by atoms with E-state index in [4.69, 9.17) is 5.11 Å². The van der Waals surface area contributed by atoms with E-state index in [0.29, 0.717) is 0 Å². The summed E-state index contributed by atoms with van der Waals surface area (Å²) in [6.07, 6.45) is -0.778. The molecule has 0 saturated heterocycles. The lowest BCUT2D eigenvalue weighted by Gasteiger charge is -2.19. The topological polar surface area (TPSA) is 54.4 Å². The summed E-state index contributed by atoms with van der Waals surface area (Å²) in [5, 5.41) is 8.87. The molecule has 0 aromatic rings. The predicted molar refractivity (Wildman–Crippen MR) is 45.2 cm³/mol. The Kier molecular flexibility index (Phi) is 3.08. The van der Waals surface area contributed by atoms with Crippen LogP contribution in [0, 0.1) is 0 Å². The van der Waals surface area contributed by atoms with Crippen molar-refractivity contribution in [3.05, 3.63) is 0 Å². The van der Waals surface area contributed by atoms with Crippen LogP contribution in [0.25, 0.3) is 0 Å². The number of sulfone groups is 1. The van der Waals surface area contributed by atoms with Crippen molar-refractivity contribution >= 4 is 9.84 Å². The second kappa shape index (κ2) is 3.11. The van der Waals surface area contributed by atoms with Crippen LogP contribution in [0.2, 0.25) is 0 Å². The number of hydrogen-bond donors (Lipinski definition) is 1. The van der Waals surface area contributed by atoms with Crippen LogP contribution in [0.3, 0.4) is 0 Å². The Hall–Kier alpha value is -0.0900. The van der Waals surface area contributed by atoms with Crippen LogP contribution < -0.4 is 0 Å². The standard InChI is InChI=1S/C7H16O3S/c1-6(8)5-11(9,10)7(2,3)4/h6,8H,5H2,1-4H3. The molecule has 0 aliphatic rings. The summed E-state index contributed by atoms with van der Waals surface area (Å²) in [6.45, 7) is 6.36. The Balaban J connectivity index is 4.51. The molecule has 4 heteroatoms. The van der Waals surface area contributed by atoms with Crippen LogP contribution in [-0.2, 0) is 9.84 Å². The van der Waals surface area contributed by atoms with E-state index >= 15 is 0 Å². The van der Waals surface area contributed by atoms with Crippen LogP contribution >= 0.6 is 0 Å². The van der Waals surface area contributed by atoms with Gasteiger partial charge in [0.2, 0.25) is 0 Å². The van der Waals surface area contributed by atoms with Crippen LogP contribution in [0.15, 0.2) is 0 Å². The van der Waals surface area contributed by atoms with E-state index in [2.05, 4.69) is 0 Å². The van der Waals surface area contributed by atoms with Crippen molar-refractivity contribution < 1.29 is 13.5 Å². The summed E-state index contributed by atoms with van der Waals surface area (Å²) in [6, 6.07) is 0. The van der Waals surface area contributed by atoms with Gasteiger partial charge in [-0.3, -0.25) is 0 Å². The zero-order valence-corrected chi connectivity index (χ0v) is 8.27. The molecule has 1 unspecified atom stereocenters. The summed E-state index contributed by atoms with van der Waals surface area (Å²) in [4.78, 5) is 0. The Morgan fingerprint density at radius 2 is 1.73 bits per heavy atom.